The fourth-order valence-electron chi connectivity index (χ4n) is 2.17. The molecule has 114 valence electrons. The number of hydrogen-bond donors (Lipinski definition) is 0. The molecule has 0 amide bonds. The summed E-state index contributed by atoms with van der Waals surface area (Å²) in [5, 5.41) is 0.377. The van der Waals surface area contributed by atoms with E-state index in [0.29, 0.717) is 0 Å². The predicted octanol–water partition coefficient (Wildman–Crippen LogP) is 6.16. The van der Waals surface area contributed by atoms with Crippen LogP contribution in [0.4, 0.5) is 11.4 Å². The van der Waals surface area contributed by atoms with Crippen molar-refractivity contribution in [1.82, 2.24) is 0 Å². The van der Waals surface area contributed by atoms with E-state index in [1.54, 1.807) is 0 Å². The molecule has 0 saturated heterocycles. The van der Waals surface area contributed by atoms with Gasteiger partial charge in [0.15, 0.2) is 10.3 Å². The second kappa shape index (κ2) is 7.08. The largest absolute Gasteiger partial charge is 0.233 e. The van der Waals surface area contributed by atoms with E-state index in [1.807, 2.05) is 52.0 Å². The molecule has 0 N–H and O–H groups in total. The van der Waals surface area contributed by atoms with Crippen molar-refractivity contribution in [3.8, 4) is 0 Å². The minimum absolute atomic E-state index is 0.189. The predicted molar refractivity (Wildman–Crippen MR) is 97.7 cm³/mol. The summed E-state index contributed by atoms with van der Waals surface area (Å²) >= 11 is 12.4. The number of hydrogen-bond acceptors (Lipinski definition) is 2. The van der Waals surface area contributed by atoms with Crippen LogP contribution >= 0.6 is 23.2 Å². The Labute approximate surface area is 141 Å². The molecular formula is C18H18Cl2N2. The second-order valence-corrected chi connectivity index (χ2v) is 6.10. The monoisotopic (exact) mass is 332 g/mol. The minimum Gasteiger partial charge on any atom is -0.233 e. The molecule has 0 heterocycles. The van der Waals surface area contributed by atoms with Crippen molar-refractivity contribution in [1.29, 1.82) is 0 Å². The lowest BCUT2D eigenvalue weighted by atomic mass is 10.1. The van der Waals surface area contributed by atoms with E-state index < -0.39 is 0 Å². The summed E-state index contributed by atoms with van der Waals surface area (Å²) in [6.07, 6.45) is 0. The Morgan fingerprint density at radius 2 is 1.05 bits per heavy atom. The van der Waals surface area contributed by atoms with Crippen molar-refractivity contribution in [2.24, 2.45) is 9.98 Å². The highest BCUT2D eigenvalue weighted by atomic mass is 35.5. The van der Waals surface area contributed by atoms with Crippen molar-refractivity contribution in [3.63, 3.8) is 0 Å². The average Bonchev–Trinajstić information content (AvgIpc) is 2.44. The quantitative estimate of drug-likeness (QED) is 0.601. The van der Waals surface area contributed by atoms with Crippen LogP contribution in [0.25, 0.3) is 0 Å². The van der Waals surface area contributed by atoms with Crippen LogP contribution in [0.15, 0.2) is 46.4 Å². The van der Waals surface area contributed by atoms with Gasteiger partial charge in [-0.25, -0.2) is 9.98 Å². The Hall–Kier alpha value is -1.64. The molecule has 2 aromatic carbocycles. The zero-order valence-corrected chi connectivity index (χ0v) is 14.6. The van der Waals surface area contributed by atoms with E-state index in [0.717, 1.165) is 22.5 Å². The summed E-state index contributed by atoms with van der Waals surface area (Å²) < 4.78 is 0. The summed E-state index contributed by atoms with van der Waals surface area (Å²) in [5.41, 5.74) is 6.06. The van der Waals surface area contributed by atoms with E-state index >= 15 is 0 Å². The van der Waals surface area contributed by atoms with Gasteiger partial charge >= 0.3 is 0 Å². The van der Waals surface area contributed by atoms with E-state index in [2.05, 4.69) is 22.1 Å². The summed E-state index contributed by atoms with van der Waals surface area (Å²) in [6, 6.07) is 11.9. The van der Waals surface area contributed by atoms with E-state index in [9.17, 15) is 0 Å². The van der Waals surface area contributed by atoms with Crippen LogP contribution in [0.3, 0.4) is 0 Å². The Kier molecular flexibility index (Phi) is 5.38. The van der Waals surface area contributed by atoms with Gasteiger partial charge < -0.3 is 0 Å². The van der Waals surface area contributed by atoms with Gasteiger partial charge in [-0.1, -0.05) is 58.6 Å². The summed E-state index contributed by atoms with van der Waals surface area (Å²) in [6.45, 7) is 8.06. The molecule has 2 rings (SSSR count). The van der Waals surface area contributed by atoms with Crippen molar-refractivity contribution < 1.29 is 0 Å². The van der Waals surface area contributed by atoms with Gasteiger partial charge in [0, 0.05) is 0 Å². The topological polar surface area (TPSA) is 24.7 Å². The first kappa shape index (κ1) is 16.7. The Morgan fingerprint density at radius 3 is 1.36 bits per heavy atom. The molecule has 4 heteroatoms. The molecule has 2 aromatic rings. The van der Waals surface area contributed by atoms with Gasteiger partial charge in [-0.15, -0.1) is 0 Å². The summed E-state index contributed by atoms with van der Waals surface area (Å²) in [4.78, 5) is 8.72. The third kappa shape index (κ3) is 4.19. The SMILES string of the molecule is Cc1ccc(N=C(Cl)C(Cl)=Nc2ccc(C)cc2C)c(C)c1. The van der Waals surface area contributed by atoms with Crippen LogP contribution < -0.4 is 0 Å². The van der Waals surface area contributed by atoms with Gasteiger partial charge in [-0.3, -0.25) is 0 Å². The lowest BCUT2D eigenvalue weighted by molar-refractivity contribution is 1.34. The molecule has 0 fully saturated rings. The third-order valence-corrected chi connectivity index (χ3v) is 3.94. The fourth-order valence-corrected chi connectivity index (χ4v) is 2.43. The lowest BCUT2D eigenvalue weighted by Crippen LogP contribution is -1.99. The van der Waals surface area contributed by atoms with Crippen molar-refractivity contribution in [3.05, 3.63) is 58.7 Å². The number of nitrogens with zero attached hydrogens (tertiary/aromatic N) is 2. The lowest BCUT2D eigenvalue weighted by Gasteiger charge is -2.04. The molecule has 0 bridgehead atoms. The maximum absolute atomic E-state index is 6.20. The maximum atomic E-state index is 6.20. The molecule has 0 spiro atoms. The van der Waals surface area contributed by atoms with Crippen molar-refractivity contribution in [2.75, 3.05) is 0 Å². The van der Waals surface area contributed by atoms with Gasteiger partial charge in [-0.2, -0.15) is 0 Å². The highest BCUT2D eigenvalue weighted by Gasteiger charge is 2.06. The van der Waals surface area contributed by atoms with E-state index in [4.69, 9.17) is 23.2 Å². The Morgan fingerprint density at radius 1 is 0.682 bits per heavy atom. The molecule has 0 aliphatic rings. The van der Waals surface area contributed by atoms with Gasteiger partial charge in [-0.05, 0) is 51.0 Å². The van der Waals surface area contributed by atoms with Crippen LogP contribution in [0.2, 0.25) is 0 Å². The van der Waals surface area contributed by atoms with Crippen LogP contribution in [-0.2, 0) is 0 Å². The van der Waals surface area contributed by atoms with Crippen molar-refractivity contribution in [2.45, 2.75) is 27.7 Å². The first-order valence-electron chi connectivity index (χ1n) is 7.00. The number of aryl methyl sites for hydroxylation is 4. The average molecular weight is 333 g/mol. The van der Waals surface area contributed by atoms with Crippen LogP contribution in [0, 0.1) is 27.7 Å². The molecule has 0 saturated carbocycles. The molecule has 22 heavy (non-hydrogen) atoms. The van der Waals surface area contributed by atoms with Crippen molar-refractivity contribution >= 4 is 44.9 Å². The highest BCUT2D eigenvalue weighted by molar-refractivity contribution is 7.00. The molecule has 0 aliphatic carbocycles. The van der Waals surface area contributed by atoms with Gasteiger partial charge in [0.25, 0.3) is 0 Å². The highest BCUT2D eigenvalue weighted by Crippen LogP contribution is 2.23. The first-order chi connectivity index (χ1) is 10.4. The van der Waals surface area contributed by atoms with Gasteiger partial charge in [0.05, 0.1) is 11.4 Å². The second-order valence-electron chi connectivity index (χ2n) is 5.39. The molecular weight excluding hydrogens is 315 g/mol. The molecule has 0 radical (unpaired) electrons. The number of rotatable bonds is 3. The number of halogens is 2. The van der Waals surface area contributed by atoms with Crippen LogP contribution in [0.5, 0.6) is 0 Å². The summed E-state index contributed by atoms with van der Waals surface area (Å²) in [5.74, 6) is 0. The zero-order chi connectivity index (χ0) is 16.3. The van der Waals surface area contributed by atoms with Gasteiger partial charge in [0.1, 0.15) is 0 Å². The van der Waals surface area contributed by atoms with E-state index in [1.165, 1.54) is 11.1 Å². The third-order valence-electron chi connectivity index (χ3n) is 3.31. The maximum Gasteiger partial charge on any atom is 0.166 e. The smallest absolute Gasteiger partial charge is 0.166 e. The Bertz CT molecular complexity index is 696. The molecule has 0 unspecified atom stereocenters. The normalized spacial score (nSPS) is 12.6. The van der Waals surface area contributed by atoms with Gasteiger partial charge in [0.2, 0.25) is 0 Å². The molecule has 0 aromatic heterocycles. The van der Waals surface area contributed by atoms with Crippen LogP contribution in [0.1, 0.15) is 22.3 Å². The fraction of sp³-hybridized carbons (Fsp3) is 0.222. The number of aliphatic imine (C=N–C) groups is 2. The Balaban J connectivity index is 2.33. The first-order valence-corrected chi connectivity index (χ1v) is 7.75. The molecule has 2 nitrogen and oxygen atoms in total. The molecule has 0 atom stereocenters. The standard InChI is InChI=1S/C18H18Cl2N2/c1-11-5-7-15(13(3)9-11)21-17(19)18(20)22-16-8-6-12(2)10-14(16)4/h5-10H,1-4H3. The molecule has 0 aliphatic heterocycles. The number of benzene rings is 2. The minimum atomic E-state index is 0.189. The zero-order valence-electron chi connectivity index (χ0n) is 13.1. The summed E-state index contributed by atoms with van der Waals surface area (Å²) in [7, 11) is 0. The van der Waals surface area contributed by atoms with Crippen LogP contribution in [-0.4, -0.2) is 10.3 Å². The van der Waals surface area contributed by atoms with E-state index in [-0.39, 0.29) is 10.3 Å².